The summed E-state index contributed by atoms with van der Waals surface area (Å²) in [5.41, 5.74) is 0. The van der Waals surface area contributed by atoms with Crippen LogP contribution in [0.2, 0.25) is 0 Å². The molecule has 0 bridgehead atoms. The lowest BCUT2D eigenvalue weighted by Gasteiger charge is -2.21. The molecule has 1 aromatic rings. The van der Waals surface area contributed by atoms with E-state index in [-0.39, 0.29) is 0 Å². The van der Waals surface area contributed by atoms with E-state index in [0.29, 0.717) is 0 Å². The molecular weight excluding hydrogens is 240 g/mol. The summed E-state index contributed by atoms with van der Waals surface area (Å²) in [6, 6.07) is 4.60. The fourth-order valence-corrected chi connectivity index (χ4v) is 3.60. The van der Waals surface area contributed by atoms with Crippen molar-refractivity contribution < 1.29 is 0 Å². The summed E-state index contributed by atoms with van der Waals surface area (Å²) in [6.07, 6.45) is 5.88. The van der Waals surface area contributed by atoms with Gasteiger partial charge in [-0.2, -0.15) is 0 Å². The smallest absolute Gasteiger partial charge is 0.0328 e. The van der Waals surface area contributed by atoms with Crippen LogP contribution in [0.15, 0.2) is 12.1 Å². The molecule has 100 valence electrons. The van der Waals surface area contributed by atoms with Gasteiger partial charge in [-0.25, -0.2) is 0 Å². The lowest BCUT2D eigenvalue weighted by molar-refractivity contribution is 0.246. The molecule has 0 aromatic carbocycles. The van der Waals surface area contributed by atoms with Crippen LogP contribution in [0.4, 0.5) is 0 Å². The number of nitrogens with one attached hydrogen (secondary N) is 1. The van der Waals surface area contributed by atoms with Gasteiger partial charge in [0.2, 0.25) is 0 Å². The molecule has 2 aliphatic rings. The van der Waals surface area contributed by atoms with Crippen LogP contribution in [-0.4, -0.2) is 25.0 Å². The second kappa shape index (κ2) is 5.72. The second-order valence-electron chi connectivity index (χ2n) is 5.98. The summed E-state index contributed by atoms with van der Waals surface area (Å²) in [5, 5.41) is 3.23. The Labute approximate surface area is 114 Å². The van der Waals surface area contributed by atoms with E-state index < -0.39 is 0 Å². The highest BCUT2D eigenvalue weighted by molar-refractivity contribution is 7.11. The first-order chi connectivity index (χ1) is 8.83. The van der Waals surface area contributed by atoms with Gasteiger partial charge >= 0.3 is 0 Å². The molecule has 0 atom stereocenters. The van der Waals surface area contributed by atoms with Crippen molar-refractivity contribution in [2.45, 2.75) is 38.8 Å². The molecule has 1 aromatic heterocycles. The third-order valence-electron chi connectivity index (χ3n) is 3.87. The van der Waals surface area contributed by atoms with Crippen molar-refractivity contribution in [1.82, 2.24) is 10.2 Å². The van der Waals surface area contributed by atoms with Crippen molar-refractivity contribution in [2.24, 2.45) is 11.8 Å². The second-order valence-corrected chi connectivity index (χ2v) is 7.23. The predicted molar refractivity (Wildman–Crippen MR) is 77.8 cm³/mol. The Bertz CT molecular complexity index is 366. The van der Waals surface area contributed by atoms with E-state index in [2.05, 4.69) is 22.3 Å². The fourth-order valence-electron chi connectivity index (χ4n) is 2.53. The molecule has 1 heterocycles. The van der Waals surface area contributed by atoms with E-state index in [1.807, 2.05) is 18.4 Å². The lowest BCUT2D eigenvalue weighted by Crippen LogP contribution is -2.27. The van der Waals surface area contributed by atoms with Gasteiger partial charge in [0.15, 0.2) is 0 Å². The SMILES string of the molecule is CNCc1ccc(CN(CC2CC2)CC2CC2)s1. The first-order valence-corrected chi connectivity index (χ1v) is 8.09. The highest BCUT2D eigenvalue weighted by atomic mass is 32.1. The van der Waals surface area contributed by atoms with E-state index in [1.54, 1.807) is 4.88 Å². The van der Waals surface area contributed by atoms with Crippen molar-refractivity contribution >= 4 is 11.3 Å². The predicted octanol–water partition coefficient (Wildman–Crippen LogP) is 3.09. The third-order valence-corrected chi connectivity index (χ3v) is 4.94. The summed E-state index contributed by atoms with van der Waals surface area (Å²) < 4.78 is 0. The molecule has 0 aliphatic heterocycles. The Morgan fingerprint density at radius 3 is 2.28 bits per heavy atom. The van der Waals surface area contributed by atoms with Gasteiger partial charge < -0.3 is 5.32 Å². The summed E-state index contributed by atoms with van der Waals surface area (Å²) in [5.74, 6) is 2.03. The topological polar surface area (TPSA) is 15.3 Å². The average molecular weight is 264 g/mol. The van der Waals surface area contributed by atoms with Crippen molar-refractivity contribution in [3.63, 3.8) is 0 Å². The number of nitrogens with zero attached hydrogens (tertiary/aromatic N) is 1. The van der Waals surface area contributed by atoms with Crippen molar-refractivity contribution in [2.75, 3.05) is 20.1 Å². The van der Waals surface area contributed by atoms with E-state index in [9.17, 15) is 0 Å². The lowest BCUT2D eigenvalue weighted by atomic mass is 10.3. The zero-order valence-electron chi connectivity index (χ0n) is 11.3. The highest BCUT2D eigenvalue weighted by Gasteiger charge is 2.29. The number of hydrogen-bond donors (Lipinski definition) is 1. The quantitative estimate of drug-likeness (QED) is 0.776. The standard InChI is InChI=1S/C15H24N2S/c1-16-8-14-6-7-15(18-14)11-17(9-12-2-3-12)10-13-4-5-13/h6-7,12-13,16H,2-5,8-11H2,1H3. The van der Waals surface area contributed by atoms with Crippen LogP contribution in [0.5, 0.6) is 0 Å². The van der Waals surface area contributed by atoms with Crippen LogP contribution < -0.4 is 5.32 Å². The molecular formula is C15H24N2S. The first-order valence-electron chi connectivity index (χ1n) is 7.28. The molecule has 3 heteroatoms. The summed E-state index contributed by atoms with van der Waals surface area (Å²) >= 11 is 1.98. The maximum Gasteiger partial charge on any atom is 0.0328 e. The Balaban J connectivity index is 1.54. The normalized spacial score (nSPS) is 19.7. The minimum absolute atomic E-state index is 1.01. The van der Waals surface area contributed by atoms with Crippen LogP contribution in [0.1, 0.15) is 35.4 Å². The maximum atomic E-state index is 3.23. The third kappa shape index (κ3) is 3.81. The highest BCUT2D eigenvalue weighted by Crippen LogP contribution is 2.34. The zero-order valence-corrected chi connectivity index (χ0v) is 12.1. The molecule has 1 N–H and O–H groups in total. The fraction of sp³-hybridized carbons (Fsp3) is 0.733. The Kier molecular flexibility index (Phi) is 4.02. The molecule has 2 saturated carbocycles. The van der Waals surface area contributed by atoms with Crippen LogP contribution >= 0.6 is 11.3 Å². The van der Waals surface area contributed by atoms with E-state index in [1.165, 1.54) is 50.2 Å². The molecule has 0 saturated heterocycles. The van der Waals surface area contributed by atoms with Crippen molar-refractivity contribution in [1.29, 1.82) is 0 Å². The minimum atomic E-state index is 1.01. The monoisotopic (exact) mass is 264 g/mol. The van der Waals surface area contributed by atoms with Gasteiger partial charge in [-0.15, -0.1) is 11.3 Å². The largest absolute Gasteiger partial charge is 0.315 e. The molecule has 0 radical (unpaired) electrons. The van der Waals surface area contributed by atoms with Crippen LogP contribution in [-0.2, 0) is 13.1 Å². The van der Waals surface area contributed by atoms with E-state index in [4.69, 9.17) is 0 Å². The molecule has 18 heavy (non-hydrogen) atoms. The van der Waals surface area contributed by atoms with Crippen LogP contribution in [0, 0.1) is 11.8 Å². The zero-order chi connectivity index (χ0) is 12.4. The number of hydrogen-bond acceptors (Lipinski definition) is 3. The molecule has 0 amide bonds. The first kappa shape index (κ1) is 12.6. The van der Waals surface area contributed by atoms with Gasteiger partial charge in [0.25, 0.3) is 0 Å². The number of thiophene rings is 1. The molecule has 2 fully saturated rings. The van der Waals surface area contributed by atoms with Crippen molar-refractivity contribution in [3.05, 3.63) is 21.9 Å². The van der Waals surface area contributed by atoms with Gasteiger partial charge in [-0.1, -0.05) is 0 Å². The molecule has 0 unspecified atom stereocenters. The van der Waals surface area contributed by atoms with Gasteiger partial charge in [-0.05, 0) is 56.7 Å². The minimum Gasteiger partial charge on any atom is -0.315 e. The molecule has 3 rings (SSSR count). The molecule has 0 spiro atoms. The Morgan fingerprint density at radius 2 is 1.72 bits per heavy atom. The van der Waals surface area contributed by atoms with E-state index in [0.717, 1.165) is 18.4 Å². The average Bonchev–Trinajstić information content (AvgIpc) is 3.24. The summed E-state index contributed by atoms with van der Waals surface area (Å²) in [4.78, 5) is 5.72. The van der Waals surface area contributed by atoms with Gasteiger partial charge in [-0.3, -0.25) is 4.90 Å². The van der Waals surface area contributed by atoms with Gasteiger partial charge in [0.05, 0.1) is 0 Å². The molecule has 2 nitrogen and oxygen atoms in total. The Morgan fingerprint density at radius 1 is 1.11 bits per heavy atom. The summed E-state index contributed by atoms with van der Waals surface area (Å²) in [6.45, 7) is 4.88. The number of rotatable bonds is 8. The Hall–Kier alpha value is -0.380. The van der Waals surface area contributed by atoms with E-state index >= 15 is 0 Å². The molecule has 2 aliphatic carbocycles. The van der Waals surface area contributed by atoms with Crippen LogP contribution in [0.3, 0.4) is 0 Å². The maximum absolute atomic E-state index is 3.23. The van der Waals surface area contributed by atoms with Gasteiger partial charge in [0.1, 0.15) is 0 Å². The summed E-state index contributed by atoms with van der Waals surface area (Å²) in [7, 11) is 2.02. The van der Waals surface area contributed by atoms with Gasteiger partial charge in [0, 0.05) is 35.9 Å². The van der Waals surface area contributed by atoms with Crippen LogP contribution in [0.25, 0.3) is 0 Å². The van der Waals surface area contributed by atoms with Crippen molar-refractivity contribution in [3.8, 4) is 0 Å².